The maximum atomic E-state index is 12.9. The fourth-order valence-corrected chi connectivity index (χ4v) is 2.52. The van der Waals surface area contributed by atoms with E-state index in [2.05, 4.69) is 15.5 Å². The van der Waals surface area contributed by atoms with E-state index in [0.29, 0.717) is 12.8 Å². The molecular weight excluding hydrogens is 273 g/mol. The minimum Gasteiger partial charge on any atom is -0.310 e. The lowest BCUT2D eigenvalue weighted by atomic mass is 9.78. The number of nitrogens with one attached hydrogen (secondary N) is 2. The van der Waals surface area contributed by atoms with Gasteiger partial charge in [0.15, 0.2) is 0 Å². The highest BCUT2D eigenvalue weighted by atomic mass is 19.4. The summed E-state index contributed by atoms with van der Waals surface area (Å²) < 4.78 is 38.8. The largest absolute Gasteiger partial charge is 0.392 e. The first-order chi connectivity index (χ1) is 9.43. The van der Waals surface area contributed by atoms with Crippen LogP contribution in [0.2, 0.25) is 0 Å². The number of hydrogen-bond acceptors (Lipinski definition) is 3. The zero-order valence-electron chi connectivity index (χ0n) is 10.5. The van der Waals surface area contributed by atoms with Gasteiger partial charge < -0.3 is 5.32 Å². The molecule has 0 spiro atoms. The van der Waals surface area contributed by atoms with Gasteiger partial charge in [-0.3, -0.25) is 9.89 Å². The van der Waals surface area contributed by atoms with Crippen LogP contribution in [0.15, 0.2) is 6.20 Å². The van der Waals surface area contributed by atoms with Crippen LogP contribution in [0, 0.1) is 23.2 Å². The molecule has 1 saturated carbocycles. The third kappa shape index (κ3) is 2.92. The molecule has 2 N–H and O–H groups in total. The van der Waals surface area contributed by atoms with Crippen molar-refractivity contribution in [2.24, 2.45) is 11.8 Å². The Bertz CT molecular complexity index is 532. The van der Waals surface area contributed by atoms with Gasteiger partial charge in [-0.1, -0.05) is 12.8 Å². The molecule has 1 fully saturated rings. The number of H-pyrrole nitrogens is 1. The Morgan fingerprint density at radius 3 is 2.80 bits per heavy atom. The number of hydrogen-bond donors (Lipinski definition) is 2. The maximum Gasteiger partial charge on any atom is 0.392 e. The SMILES string of the molecule is N#Cc1cn[nH]c1NC(=O)C1CCCCC1C(F)(F)F. The highest BCUT2D eigenvalue weighted by Crippen LogP contribution is 2.41. The Hall–Kier alpha value is -2.04. The number of carbonyl (C=O) groups is 1. The number of nitrogens with zero attached hydrogens (tertiary/aromatic N) is 2. The molecule has 2 atom stereocenters. The average molecular weight is 286 g/mol. The normalized spacial score (nSPS) is 23.1. The number of anilines is 1. The summed E-state index contributed by atoms with van der Waals surface area (Å²) in [5.74, 6) is -3.40. The summed E-state index contributed by atoms with van der Waals surface area (Å²) in [5, 5.41) is 17.1. The van der Waals surface area contributed by atoms with Crippen molar-refractivity contribution < 1.29 is 18.0 Å². The summed E-state index contributed by atoms with van der Waals surface area (Å²) in [6.07, 6.45) is -1.94. The van der Waals surface area contributed by atoms with Crippen LogP contribution in [-0.2, 0) is 4.79 Å². The van der Waals surface area contributed by atoms with Gasteiger partial charge >= 0.3 is 6.18 Å². The molecule has 5 nitrogen and oxygen atoms in total. The second kappa shape index (κ2) is 5.53. The predicted octanol–water partition coefficient (Wildman–Crippen LogP) is 2.59. The van der Waals surface area contributed by atoms with Gasteiger partial charge in [0.1, 0.15) is 17.5 Å². The van der Waals surface area contributed by atoms with Crippen LogP contribution in [0.25, 0.3) is 0 Å². The van der Waals surface area contributed by atoms with Crippen LogP contribution in [0.3, 0.4) is 0 Å². The number of rotatable bonds is 2. The molecule has 8 heteroatoms. The summed E-state index contributed by atoms with van der Waals surface area (Å²) in [4.78, 5) is 12.0. The second-order valence-electron chi connectivity index (χ2n) is 4.80. The van der Waals surface area contributed by atoms with Crippen LogP contribution < -0.4 is 5.32 Å². The van der Waals surface area contributed by atoms with Crippen LogP contribution in [0.5, 0.6) is 0 Å². The first-order valence-electron chi connectivity index (χ1n) is 6.24. The van der Waals surface area contributed by atoms with Crippen molar-refractivity contribution in [3.05, 3.63) is 11.8 Å². The first kappa shape index (κ1) is 14.4. The Kier molecular flexibility index (Phi) is 3.97. The standard InChI is InChI=1S/C12H13F3N4O/c13-12(14,15)9-4-2-1-3-8(9)11(20)18-10-7(5-16)6-17-19-10/h6,8-9H,1-4H2,(H2,17,18,19,20). The lowest BCUT2D eigenvalue weighted by molar-refractivity contribution is -0.197. The molecule has 108 valence electrons. The third-order valence-electron chi connectivity index (χ3n) is 3.53. The molecule has 2 rings (SSSR count). The van der Waals surface area contributed by atoms with Crippen LogP contribution in [0.4, 0.5) is 19.0 Å². The van der Waals surface area contributed by atoms with Crippen molar-refractivity contribution in [1.82, 2.24) is 10.2 Å². The van der Waals surface area contributed by atoms with Gasteiger partial charge in [-0.05, 0) is 12.8 Å². The van der Waals surface area contributed by atoms with E-state index in [1.807, 2.05) is 0 Å². The number of aromatic amines is 1. The minimum atomic E-state index is -4.38. The van der Waals surface area contributed by atoms with Gasteiger partial charge in [0.05, 0.1) is 12.1 Å². The topological polar surface area (TPSA) is 81.6 Å². The van der Waals surface area contributed by atoms with E-state index < -0.39 is 23.9 Å². The zero-order chi connectivity index (χ0) is 14.8. The molecule has 1 aromatic rings. The Labute approximate surface area is 113 Å². The van der Waals surface area contributed by atoms with E-state index in [1.54, 1.807) is 6.07 Å². The fourth-order valence-electron chi connectivity index (χ4n) is 2.52. The molecule has 0 aromatic carbocycles. The smallest absolute Gasteiger partial charge is 0.310 e. The van der Waals surface area contributed by atoms with Crippen molar-refractivity contribution >= 4 is 11.7 Å². The molecule has 0 bridgehead atoms. The summed E-state index contributed by atoms with van der Waals surface area (Å²) >= 11 is 0. The zero-order valence-corrected chi connectivity index (χ0v) is 10.5. The first-order valence-corrected chi connectivity index (χ1v) is 6.24. The van der Waals surface area contributed by atoms with Crippen molar-refractivity contribution in [1.29, 1.82) is 5.26 Å². The molecule has 0 saturated heterocycles. The quantitative estimate of drug-likeness (QED) is 0.876. The van der Waals surface area contributed by atoms with E-state index in [9.17, 15) is 18.0 Å². The molecule has 0 aliphatic heterocycles. The monoisotopic (exact) mass is 286 g/mol. The van der Waals surface area contributed by atoms with E-state index in [1.165, 1.54) is 6.20 Å². The van der Waals surface area contributed by atoms with E-state index in [4.69, 9.17) is 5.26 Å². The van der Waals surface area contributed by atoms with Gasteiger partial charge in [-0.2, -0.15) is 23.5 Å². The Morgan fingerprint density at radius 1 is 1.45 bits per heavy atom. The number of amides is 1. The van der Waals surface area contributed by atoms with Crippen LogP contribution in [0.1, 0.15) is 31.2 Å². The van der Waals surface area contributed by atoms with Gasteiger partial charge in [0.25, 0.3) is 0 Å². The number of aromatic nitrogens is 2. The number of alkyl halides is 3. The summed E-state index contributed by atoms with van der Waals surface area (Å²) in [7, 11) is 0. The van der Waals surface area contributed by atoms with Gasteiger partial charge in [0, 0.05) is 5.92 Å². The van der Waals surface area contributed by atoms with Crippen LogP contribution >= 0.6 is 0 Å². The highest BCUT2D eigenvalue weighted by molar-refractivity contribution is 5.93. The third-order valence-corrected chi connectivity index (χ3v) is 3.53. The van der Waals surface area contributed by atoms with Crippen molar-refractivity contribution in [3.8, 4) is 6.07 Å². The molecular formula is C12H13F3N4O. The van der Waals surface area contributed by atoms with Crippen molar-refractivity contribution in [2.75, 3.05) is 5.32 Å². The second-order valence-corrected chi connectivity index (χ2v) is 4.80. The summed E-state index contributed by atoms with van der Waals surface area (Å²) in [5.41, 5.74) is 0.0951. The Morgan fingerprint density at radius 2 is 2.15 bits per heavy atom. The Balaban J connectivity index is 2.13. The highest BCUT2D eigenvalue weighted by Gasteiger charge is 2.48. The van der Waals surface area contributed by atoms with Crippen LogP contribution in [-0.4, -0.2) is 22.3 Å². The molecule has 0 radical (unpaired) electrons. The van der Waals surface area contributed by atoms with Crippen molar-refractivity contribution in [2.45, 2.75) is 31.9 Å². The molecule has 1 aliphatic carbocycles. The molecule has 1 amide bonds. The van der Waals surface area contributed by atoms with Crippen molar-refractivity contribution in [3.63, 3.8) is 0 Å². The molecule has 20 heavy (non-hydrogen) atoms. The van der Waals surface area contributed by atoms with E-state index in [0.717, 1.165) is 0 Å². The molecule has 1 heterocycles. The number of nitriles is 1. The lowest BCUT2D eigenvalue weighted by Gasteiger charge is -2.31. The minimum absolute atomic E-state index is 0.0321. The average Bonchev–Trinajstić information content (AvgIpc) is 2.85. The maximum absolute atomic E-state index is 12.9. The summed E-state index contributed by atoms with van der Waals surface area (Å²) in [6, 6.07) is 1.79. The molecule has 1 aromatic heterocycles. The molecule has 2 unspecified atom stereocenters. The number of halogens is 3. The number of carbonyl (C=O) groups excluding carboxylic acids is 1. The summed E-state index contributed by atoms with van der Waals surface area (Å²) in [6.45, 7) is 0. The molecule has 1 aliphatic rings. The lowest BCUT2D eigenvalue weighted by Crippen LogP contribution is -2.39. The van der Waals surface area contributed by atoms with Gasteiger partial charge in [0.2, 0.25) is 5.91 Å². The van der Waals surface area contributed by atoms with Gasteiger partial charge in [-0.25, -0.2) is 0 Å². The van der Waals surface area contributed by atoms with E-state index >= 15 is 0 Å². The van der Waals surface area contributed by atoms with E-state index in [-0.39, 0.29) is 24.2 Å². The fraction of sp³-hybridized carbons (Fsp3) is 0.583. The predicted molar refractivity (Wildman–Crippen MR) is 63.4 cm³/mol. The van der Waals surface area contributed by atoms with Gasteiger partial charge in [-0.15, -0.1) is 0 Å².